The average molecular weight is 546 g/mol. The maximum atomic E-state index is 8.52. The van der Waals surface area contributed by atoms with E-state index in [0.29, 0.717) is 0 Å². The number of pyridine rings is 1. The summed E-state index contributed by atoms with van der Waals surface area (Å²) in [6, 6.07) is 10.9. The molecule has 9 nitrogen and oxygen atoms in total. The summed E-state index contributed by atoms with van der Waals surface area (Å²) in [6.07, 6.45) is 8.78. The number of hydrogen-bond donors (Lipinski definition) is 0. The normalized spacial score (nSPS) is 15.1. The van der Waals surface area contributed by atoms with Gasteiger partial charge in [-0.2, -0.15) is 4.57 Å². The van der Waals surface area contributed by atoms with E-state index in [1.165, 1.54) is 65.4 Å². The molecule has 0 saturated heterocycles. The third-order valence-corrected chi connectivity index (χ3v) is 7.47. The van der Waals surface area contributed by atoms with Crippen LogP contribution in [-0.2, 0) is 29.8 Å². The number of rotatable bonds is 6. The number of fused-ring (bicyclic) bond motifs is 4. The SMILES string of the molecule is COc1cc2c(cc1OC)-c1cc3cc(OC)c(OC)cc3c(CC3CCCCC3)[n+]1CC2.O=S(=O)([O-])[O-].[H+]. The Balaban J connectivity index is 0.000000644. The molecule has 0 radical (unpaired) electrons. The van der Waals surface area contributed by atoms with E-state index in [-0.39, 0.29) is 1.43 Å². The van der Waals surface area contributed by atoms with Crippen molar-refractivity contribution in [1.82, 2.24) is 0 Å². The van der Waals surface area contributed by atoms with Crippen LogP contribution in [0.15, 0.2) is 30.3 Å². The Bertz CT molecular complexity index is 1410. The van der Waals surface area contributed by atoms with Crippen molar-refractivity contribution in [2.75, 3.05) is 28.4 Å². The summed E-state index contributed by atoms with van der Waals surface area (Å²) in [6.45, 7) is 0.962. The average Bonchev–Trinajstić information content (AvgIpc) is 2.90. The van der Waals surface area contributed by atoms with Gasteiger partial charge in [-0.15, -0.1) is 0 Å². The topological polar surface area (TPSA) is 121 Å². The van der Waals surface area contributed by atoms with Gasteiger partial charge in [-0.25, -0.2) is 0 Å². The largest absolute Gasteiger partial charge is 1.00 e. The molecule has 1 aliphatic carbocycles. The third-order valence-electron chi connectivity index (χ3n) is 7.47. The van der Waals surface area contributed by atoms with Crippen LogP contribution in [0.4, 0.5) is 0 Å². The molecule has 0 bridgehead atoms. The molecule has 2 aromatic carbocycles. The van der Waals surface area contributed by atoms with Gasteiger partial charge in [-0.05, 0) is 54.0 Å². The Morgan fingerprint density at radius 3 is 2.00 bits per heavy atom. The van der Waals surface area contributed by atoms with Crippen molar-refractivity contribution >= 4 is 21.2 Å². The molecular formula is C28H35NO8S. The number of methoxy groups -OCH3 is 4. The van der Waals surface area contributed by atoms with E-state index in [2.05, 4.69) is 34.9 Å². The quantitative estimate of drug-likeness (QED) is 0.256. The van der Waals surface area contributed by atoms with Crippen LogP contribution in [0.5, 0.6) is 23.0 Å². The van der Waals surface area contributed by atoms with Gasteiger partial charge in [0.05, 0.1) is 39.4 Å². The number of benzene rings is 2. The van der Waals surface area contributed by atoms with E-state index in [1.807, 2.05) is 0 Å². The number of aromatic nitrogens is 1. The zero-order chi connectivity index (χ0) is 27.4. The highest BCUT2D eigenvalue weighted by atomic mass is 32.3. The van der Waals surface area contributed by atoms with Crippen LogP contribution in [0.25, 0.3) is 22.0 Å². The molecule has 1 aliphatic heterocycles. The maximum absolute atomic E-state index is 8.52. The number of nitrogens with zero attached hydrogens (tertiary/aromatic N) is 1. The van der Waals surface area contributed by atoms with E-state index in [9.17, 15) is 0 Å². The van der Waals surface area contributed by atoms with Gasteiger partial charge in [0.15, 0.2) is 35.2 Å². The summed E-state index contributed by atoms with van der Waals surface area (Å²) in [5, 5.41) is 2.46. The molecule has 1 aromatic heterocycles. The minimum absolute atomic E-state index is 0. The maximum Gasteiger partial charge on any atom is 1.00 e. The summed E-state index contributed by atoms with van der Waals surface area (Å²) in [5.41, 5.74) is 5.18. The molecule has 10 heteroatoms. The van der Waals surface area contributed by atoms with Gasteiger partial charge >= 0.3 is 1.43 Å². The number of aryl methyl sites for hydroxylation is 1. The van der Waals surface area contributed by atoms with Gasteiger partial charge in [0.1, 0.15) is 0 Å². The first kappa shape index (κ1) is 27.9. The summed E-state index contributed by atoms with van der Waals surface area (Å²) >= 11 is 0. The molecule has 0 unspecified atom stereocenters. The lowest BCUT2D eigenvalue weighted by Crippen LogP contribution is -2.45. The molecule has 3 aromatic rings. The standard InChI is InChI=1S/C28H34NO4.H2O4S/c1-30-25-14-19-10-11-29-23(12-18-8-6-5-7-9-18)22-17-28(33-4)26(31-2)15-20(22)13-24(29)21(19)16-27(25)32-3;1-5(2,3)4/h13-18H,5-12H2,1-4H3;(H2,1,2,3,4)/q+1;/p-1. The van der Waals surface area contributed by atoms with Crippen molar-refractivity contribution < 1.29 is 42.5 Å². The van der Waals surface area contributed by atoms with Gasteiger partial charge in [0.2, 0.25) is 5.69 Å². The molecule has 0 N–H and O–H groups in total. The Kier molecular flexibility index (Phi) is 8.64. The van der Waals surface area contributed by atoms with E-state index >= 15 is 0 Å². The van der Waals surface area contributed by atoms with Crippen molar-refractivity contribution in [1.29, 1.82) is 0 Å². The summed E-state index contributed by atoms with van der Waals surface area (Å²) in [7, 11) is 1.65. The first-order chi connectivity index (χ1) is 18.2. The van der Waals surface area contributed by atoms with Gasteiger partial charge in [-0.1, -0.05) is 19.3 Å². The molecule has 1 fully saturated rings. The van der Waals surface area contributed by atoms with E-state index in [1.54, 1.807) is 28.4 Å². The molecule has 0 atom stereocenters. The van der Waals surface area contributed by atoms with Crippen molar-refractivity contribution in [3.63, 3.8) is 0 Å². The highest BCUT2D eigenvalue weighted by molar-refractivity contribution is 7.79. The van der Waals surface area contributed by atoms with Gasteiger partial charge < -0.3 is 28.1 Å². The molecular weight excluding hydrogens is 510 g/mol. The molecule has 206 valence electrons. The van der Waals surface area contributed by atoms with Crippen LogP contribution in [0.1, 0.15) is 44.8 Å². The Morgan fingerprint density at radius 1 is 0.842 bits per heavy atom. The van der Waals surface area contributed by atoms with Crippen LogP contribution in [0.2, 0.25) is 0 Å². The zero-order valence-electron chi connectivity index (χ0n) is 23.2. The second-order valence-electron chi connectivity index (χ2n) is 9.65. The van der Waals surface area contributed by atoms with E-state index in [4.69, 9.17) is 36.5 Å². The third kappa shape index (κ3) is 6.14. The van der Waals surface area contributed by atoms with Crippen LogP contribution in [0, 0.1) is 5.92 Å². The Labute approximate surface area is 225 Å². The Morgan fingerprint density at radius 2 is 1.39 bits per heavy atom. The van der Waals surface area contributed by atoms with Crippen LogP contribution < -0.4 is 23.5 Å². The lowest BCUT2D eigenvalue weighted by atomic mass is 9.84. The van der Waals surface area contributed by atoms with Gasteiger partial charge in [0.25, 0.3) is 0 Å². The Hall–Kier alpha value is -3.08. The highest BCUT2D eigenvalue weighted by Crippen LogP contribution is 2.40. The predicted molar refractivity (Wildman–Crippen MR) is 141 cm³/mol. The minimum atomic E-state index is -5.17. The lowest BCUT2D eigenvalue weighted by molar-refractivity contribution is -0.693. The molecule has 2 aliphatic rings. The highest BCUT2D eigenvalue weighted by Gasteiger charge is 2.32. The lowest BCUT2D eigenvalue weighted by Gasteiger charge is -2.24. The fraction of sp³-hybridized carbons (Fsp3) is 0.464. The van der Waals surface area contributed by atoms with E-state index in [0.717, 1.165) is 48.3 Å². The first-order valence-electron chi connectivity index (χ1n) is 12.7. The molecule has 0 amide bonds. The van der Waals surface area contributed by atoms with Gasteiger partial charge in [0, 0.05) is 29.3 Å². The fourth-order valence-electron chi connectivity index (χ4n) is 5.74. The minimum Gasteiger partial charge on any atom is -0.759 e. The van der Waals surface area contributed by atoms with Crippen LogP contribution in [-0.4, -0.2) is 46.0 Å². The summed E-state index contributed by atoms with van der Waals surface area (Å²) in [4.78, 5) is 0. The van der Waals surface area contributed by atoms with Crippen molar-refractivity contribution in [2.24, 2.45) is 5.92 Å². The van der Waals surface area contributed by atoms with E-state index < -0.39 is 10.4 Å². The monoisotopic (exact) mass is 545 g/mol. The van der Waals surface area contributed by atoms with Crippen LogP contribution in [0.3, 0.4) is 0 Å². The van der Waals surface area contributed by atoms with Crippen molar-refractivity contribution in [3.8, 4) is 34.3 Å². The molecule has 38 heavy (non-hydrogen) atoms. The van der Waals surface area contributed by atoms with Gasteiger partial charge in [-0.3, -0.25) is 8.42 Å². The predicted octanol–water partition coefficient (Wildman–Crippen LogP) is 4.28. The fourth-order valence-corrected chi connectivity index (χ4v) is 5.74. The number of ether oxygens (including phenoxy) is 4. The molecule has 0 spiro atoms. The van der Waals surface area contributed by atoms with Crippen molar-refractivity contribution in [3.05, 3.63) is 41.6 Å². The summed E-state index contributed by atoms with van der Waals surface area (Å²) in [5.74, 6) is 3.85. The van der Waals surface area contributed by atoms with Crippen LogP contribution >= 0.6 is 0 Å². The van der Waals surface area contributed by atoms with Crippen molar-refractivity contribution in [2.45, 2.75) is 51.5 Å². The summed E-state index contributed by atoms with van der Waals surface area (Å²) < 4.78 is 59.2. The second-order valence-corrected chi connectivity index (χ2v) is 10.5. The molecule has 1 saturated carbocycles. The smallest absolute Gasteiger partial charge is 0.759 e. The second kappa shape index (κ2) is 11.8. The molecule has 2 heterocycles. The number of hydrogen-bond acceptors (Lipinski definition) is 8. The first-order valence-corrected chi connectivity index (χ1v) is 14.0. The zero-order valence-corrected chi connectivity index (χ0v) is 23.1. The molecule has 5 rings (SSSR count).